The third-order valence-electron chi connectivity index (χ3n) is 2.37. The van der Waals surface area contributed by atoms with E-state index in [9.17, 15) is 0 Å². The number of hydrogen-bond donors (Lipinski definition) is 1. The summed E-state index contributed by atoms with van der Waals surface area (Å²) in [5, 5.41) is 0. The zero-order valence-electron chi connectivity index (χ0n) is 11.9. The normalized spacial score (nSPS) is 7.32. The molecule has 2 aromatic carbocycles. The summed E-state index contributed by atoms with van der Waals surface area (Å²) in [6.07, 6.45) is 0. The molecule has 0 aliphatic rings. The fourth-order valence-electron chi connectivity index (χ4n) is 1.20. The average Bonchev–Trinajstić information content (AvgIpc) is 2.37. The molecule has 106 valence electrons. The molecular weight excluding hydrogens is 444 g/mol. The molecule has 0 bridgehead atoms. The first kappa shape index (κ1) is 24.2. The molecule has 0 aliphatic carbocycles. The Kier molecular flexibility index (Phi) is 20.7. The van der Waals surface area contributed by atoms with Gasteiger partial charge in [-0.2, -0.15) is 0 Å². The summed E-state index contributed by atoms with van der Waals surface area (Å²) in [5.74, 6) is 0. The molecule has 0 radical (unpaired) electrons. The van der Waals surface area contributed by atoms with Gasteiger partial charge >= 0.3 is 0 Å². The summed E-state index contributed by atoms with van der Waals surface area (Å²) in [4.78, 5) is 8.00. The van der Waals surface area contributed by atoms with Gasteiger partial charge in [0, 0.05) is 71.9 Å². The van der Waals surface area contributed by atoms with Gasteiger partial charge in [0.15, 0.2) is 0 Å². The van der Waals surface area contributed by atoms with Crippen LogP contribution in [0.1, 0.15) is 16.7 Å². The minimum absolute atomic E-state index is 0. The van der Waals surface area contributed by atoms with E-state index < -0.39 is 0 Å². The van der Waals surface area contributed by atoms with Gasteiger partial charge in [-0.3, -0.25) is 0 Å². The Hall–Kier alpha value is 0.187. The Bertz CT molecular complexity index is 397. The van der Waals surface area contributed by atoms with Crippen molar-refractivity contribution in [2.75, 3.05) is 0 Å². The predicted molar refractivity (Wildman–Crippen MR) is 79.2 cm³/mol. The first-order chi connectivity index (χ1) is 8.20. The van der Waals surface area contributed by atoms with Gasteiger partial charge in [0.05, 0.1) is 0 Å². The molecule has 0 atom stereocenters. The molecule has 2 nitrogen and oxygen atoms in total. The molecule has 3 N–H and O–H groups in total. The van der Waals surface area contributed by atoms with E-state index in [1.165, 1.54) is 16.7 Å². The smallest absolute Gasteiger partial charge is 0.106 e. The van der Waals surface area contributed by atoms with Crippen LogP contribution in [0.25, 0.3) is 0 Å². The number of carbonyl (C=O) groups excluding carboxylic acids is 1. The second-order valence-electron chi connectivity index (χ2n) is 3.74. The number of hydrogen-bond acceptors (Lipinski definition) is 2. The Morgan fingerprint density at radius 2 is 1.00 bits per heavy atom. The van der Waals surface area contributed by atoms with Crippen LogP contribution < -0.4 is 6.15 Å². The van der Waals surface area contributed by atoms with E-state index in [2.05, 4.69) is 57.2 Å². The molecule has 0 saturated carbocycles. The Balaban J connectivity index is -0.000000219. The Morgan fingerprint density at radius 1 is 0.684 bits per heavy atom. The molecule has 0 aromatic heterocycles. The van der Waals surface area contributed by atoms with Gasteiger partial charge in [0.2, 0.25) is 0 Å². The first-order valence-electron chi connectivity index (χ1n) is 5.53. The third-order valence-corrected chi connectivity index (χ3v) is 2.37. The van der Waals surface area contributed by atoms with Crippen LogP contribution in [0, 0.1) is 92.6 Å². The molecule has 0 amide bonds. The van der Waals surface area contributed by atoms with Crippen LogP contribution in [0.3, 0.4) is 0 Å². The van der Waals surface area contributed by atoms with Crippen LogP contribution in [0.4, 0.5) is 0 Å². The standard InChI is InChI=1S/C8H10.C7H8.CH2O.H3N.Rn/c1-7-5-3-4-6-8(7)2;1-7-5-3-2-4-6-7;1-2;;/h3-6H,1-2H3;2-6H,1H3;1H2;1H3;. The summed E-state index contributed by atoms with van der Waals surface area (Å²) in [6, 6.07) is 18.6. The van der Waals surface area contributed by atoms with E-state index in [0.717, 1.165) is 0 Å². The molecule has 0 aliphatic heterocycles. The fraction of sp³-hybridized carbons (Fsp3) is 0.188. The summed E-state index contributed by atoms with van der Waals surface area (Å²) < 4.78 is 0. The van der Waals surface area contributed by atoms with E-state index in [1.54, 1.807) is 0 Å². The first-order valence-corrected chi connectivity index (χ1v) is 5.53. The van der Waals surface area contributed by atoms with E-state index in [1.807, 2.05) is 25.0 Å². The maximum atomic E-state index is 8.00. The number of carbonyl (C=O) groups is 1. The van der Waals surface area contributed by atoms with Gasteiger partial charge in [0.25, 0.3) is 0 Å². The van der Waals surface area contributed by atoms with E-state index in [-0.39, 0.29) is 78.0 Å². The minimum Gasteiger partial charge on any atom is -0.344 e. The zero-order valence-corrected chi connectivity index (χ0v) is 14.6. The predicted octanol–water partition coefficient (Wildman–Crippen LogP) is 4.28. The molecule has 0 spiro atoms. The summed E-state index contributed by atoms with van der Waals surface area (Å²) in [7, 11) is 0. The number of rotatable bonds is 0. The molecule has 2 rings (SSSR count). The van der Waals surface area contributed by atoms with Crippen LogP contribution in [0.2, 0.25) is 0 Å². The monoisotopic (exact) mass is 467 g/mol. The van der Waals surface area contributed by atoms with Crippen molar-refractivity contribution in [1.82, 2.24) is 6.15 Å². The zero-order chi connectivity index (χ0) is 13.1. The summed E-state index contributed by atoms with van der Waals surface area (Å²) in [5.41, 5.74) is 4.06. The topological polar surface area (TPSA) is 52.1 Å². The molecule has 0 saturated heterocycles. The Morgan fingerprint density at radius 3 is 1.21 bits per heavy atom. The van der Waals surface area contributed by atoms with Gasteiger partial charge in [0.1, 0.15) is 6.79 Å². The van der Waals surface area contributed by atoms with E-state index >= 15 is 0 Å². The SMILES string of the molecule is C=O.Cc1ccccc1.Cc1ccccc1C.N.[Rn]. The fourth-order valence-corrected chi connectivity index (χ4v) is 1.20. The van der Waals surface area contributed by atoms with Crippen molar-refractivity contribution in [2.45, 2.75) is 20.8 Å². The van der Waals surface area contributed by atoms with Gasteiger partial charge in [-0.15, -0.1) is 0 Å². The third kappa shape index (κ3) is 12.9. The molecule has 0 fully saturated rings. The molecule has 0 unspecified atom stereocenters. The van der Waals surface area contributed by atoms with Crippen LogP contribution in [0.15, 0.2) is 54.6 Å². The second kappa shape index (κ2) is 16.2. The van der Waals surface area contributed by atoms with E-state index in [0.29, 0.717) is 0 Å². The number of aryl methyl sites for hydroxylation is 3. The molecule has 3 heteroatoms. The van der Waals surface area contributed by atoms with Crippen molar-refractivity contribution in [3.8, 4) is 0 Å². The van der Waals surface area contributed by atoms with E-state index in [4.69, 9.17) is 4.79 Å². The molecule has 2 aromatic rings. The Labute approximate surface area is 178 Å². The second-order valence-corrected chi connectivity index (χ2v) is 3.74. The quantitative estimate of drug-likeness (QED) is 0.629. The van der Waals surface area contributed by atoms with Crippen molar-refractivity contribution in [1.29, 1.82) is 0 Å². The largest absolute Gasteiger partial charge is 0.344 e. The average molecular weight is 467 g/mol. The van der Waals surface area contributed by atoms with Gasteiger partial charge in [-0.05, 0) is 31.9 Å². The molecular formula is C16H23NORn. The van der Waals surface area contributed by atoms with Gasteiger partial charge in [-0.1, -0.05) is 60.2 Å². The summed E-state index contributed by atoms with van der Waals surface area (Å²) in [6.45, 7) is 8.32. The van der Waals surface area contributed by atoms with Crippen molar-refractivity contribution in [2.24, 2.45) is 0 Å². The molecule has 19 heavy (non-hydrogen) atoms. The minimum atomic E-state index is 0. The van der Waals surface area contributed by atoms with Crippen LogP contribution in [-0.4, -0.2) is 6.79 Å². The van der Waals surface area contributed by atoms with Gasteiger partial charge < -0.3 is 10.9 Å². The van der Waals surface area contributed by atoms with Crippen molar-refractivity contribution >= 4 is 6.79 Å². The number of benzene rings is 2. The van der Waals surface area contributed by atoms with Crippen molar-refractivity contribution < 1.29 is 76.7 Å². The maximum absolute atomic E-state index is 8.00. The van der Waals surface area contributed by atoms with Crippen molar-refractivity contribution in [3.63, 3.8) is 0 Å². The van der Waals surface area contributed by atoms with Crippen LogP contribution in [0.5, 0.6) is 0 Å². The van der Waals surface area contributed by atoms with Crippen LogP contribution >= 0.6 is 0 Å². The van der Waals surface area contributed by atoms with Crippen molar-refractivity contribution in [3.05, 3.63) is 71.3 Å². The van der Waals surface area contributed by atoms with Crippen LogP contribution in [-0.2, 0) is 4.79 Å². The summed E-state index contributed by atoms with van der Waals surface area (Å²) >= 11 is 0. The maximum Gasteiger partial charge on any atom is 0.106 e. The molecule has 0 heterocycles. The van der Waals surface area contributed by atoms with Gasteiger partial charge in [-0.25, -0.2) is 0 Å².